The van der Waals surface area contributed by atoms with Crippen LogP contribution in [0, 0.1) is 5.92 Å². The molecule has 1 saturated carbocycles. The minimum atomic E-state index is -1.30. The molecule has 0 N–H and O–H groups in total. The fraction of sp³-hybridized carbons (Fsp3) is 0.381. The lowest BCUT2D eigenvalue weighted by molar-refractivity contribution is -0.256. The van der Waals surface area contributed by atoms with Gasteiger partial charge < -0.3 is 14.4 Å². The highest BCUT2D eigenvalue weighted by molar-refractivity contribution is 7.99. The summed E-state index contributed by atoms with van der Waals surface area (Å²) in [5.74, 6) is -0.814. The molecule has 3 aliphatic rings. The summed E-state index contributed by atoms with van der Waals surface area (Å²) in [5, 5.41) is 1.19. The van der Waals surface area contributed by atoms with Gasteiger partial charge in [-0.2, -0.15) is 0 Å². The first kappa shape index (κ1) is 18.8. The Morgan fingerprint density at radius 2 is 1.75 bits per heavy atom. The fourth-order valence-electron chi connectivity index (χ4n) is 3.75. The van der Waals surface area contributed by atoms with Crippen molar-refractivity contribution in [2.45, 2.75) is 34.8 Å². The zero-order chi connectivity index (χ0) is 19.3. The molecule has 0 bridgehead atoms. The maximum Gasteiger partial charge on any atom is 0.292 e. The minimum Gasteiger partial charge on any atom is -0.338 e. The Morgan fingerprint density at radius 3 is 2.43 bits per heavy atom. The zero-order valence-electron chi connectivity index (χ0n) is 15.1. The first-order valence-electron chi connectivity index (χ1n) is 9.43. The summed E-state index contributed by atoms with van der Waals surface area (Å²) in [6.07, 6.45) is 3.15. The van der Waals surface area contributed by atoms with Crippen molar-refractivity contribution in [3.63, 3.8) is 0 Å². The van der Waals surface area contributed by atoms with Gasteiger partial charge in [0, 0.05) is 31.9 Å². The number of carbonyl (C=O) groups is 1. The fourth-order valence-corrected chi connectivity index (χ4v) is 5.37. The van der Waals surface area contributed by atoms with Gasteiger partial charge in [0.1, 0.15) is 0 Å². The lowest BCUT2D eigenvalue weighted by Crippen LogP contribution is -2.47. The third-order valence-corrected chi connectivity index (χ3v) is 6.65. The van der Waals surface area contributed by atoms with E-state index in [0.717, 1.165) is 34.0 Å². The molecule has 1 aliphatic carbocycles. The van der Waals surface area contributed by atoms with Crippen molar-refractivity contribution in [1.29, 1.82) is 0 Å². The second-order valence-electron chi connectivity index (χ2n) is 7.41. The van der Waals surface area contributed by atoms with Gasteiger partial charge in [-0.3, -0.25) is 4.79 Å². The summed E-state index contributed by atoms with van der Waals surface area (Å²) in [6, 6.07) is 11.5. The van der Waals surface area contributed by atoms with E-state index in [-0.39, 0.29) is 5.91 Å². The number of nitrogens with zero attached hydrogens (tertiary/aromatic N) is 1. The maximum absolute atomic E-state index is 13.3. The summed E-state index contributed by atoms with van der Waals surface area (Å²) >= 11 is 13.8. The van der Waals surface area contributed by atoms with Crippen molar-refractivity contribution < 1.29 is 14.3 Å². The first-order chi connectivity index (χ1) is 13.5. The highest BCUT2D eigenvalue weighted by Crippen LogP contribution is 2.48. The number of fused-ring (bicyclic) bond motifs is 2. The van der Waals surface area contributed by atoms with Crippen LogP contribution in [-0.4, -0.2) is 25.7 Å². The summed E-state index contributed by atoms with van der Waals surface area (Å²) in [5.41, 5.74) is 1.70. The highest BCUT2D eigenvalue weighted by atomic mass is 35.5. The van der Waals surface area contributed by atoms with Crippen molar-refractivity contribution in [1.82, 2.24) is 0 Å². The second-order valence-corrected chi connectivity index (χ2v) is 9.43. The lowest BCUT2D eigenvalue weighted by atomic mass is 10.1. The van der Waals surface area contributed by atoms with E-state index in [4.69, 9.17) is 32.7 Å². The van der Waals surface area contributed by atoms with Gasteiger partial charge in [0.25, 0.3) is 11.7 Å². The van der Waals surface area contributed by atoms with E-state index in [1.54, 1.807) is 17.8 Å². The van der Waals surface area contributed by atoms with Crippen LogP contribution in [0.5, 0.6) is 0 Å². The number of carbonyl (C=O) groups excluding carboxylic acids is 1. The average Bonchev–Trinajstić information content (AvgIpc) is 3.46. The van der Waals surface area contributed by atoms with Crippen molar-refractivity contribution in [2.75, 3.05) is 24.7 Å². The minimum absolute atomic E-state index is 0.0953. The van der Waals surface area contributed by atoms with Crippen LogP contribution in [0.3, 0.4) is 0 Å². The van der Waals surface area contributed by atoms with Crippen molar-refractivity contribution >= 4 is 46.6 Å². The molecular formula is C21H19Cl2NO3S. The van der Waals surface area contributed by atoms with E-state index >= 15 is 0 Å². The van der Waals surface area contributed by atoms with Crippen molar-refractivity contribution in [2.24, 2.45) is 5.92 Å². The van der Waals surface area contributed by atoms with E-state index < -0.39 is 5.79 Å². The van der Waals surface area contributed by atoms with Crippen LogP contribution >= 0.6 is 35.0 Å². The molecule has 7 heteroatoms. The first-order valence-corrected chi connectivity index (χ1v) is 11.0. The molecule has 1 saturated heterocycles. The van der Waals surface area contributed by atoms with Crippen LogP contribution in [0.25, 0.3) is 0 Å². The molecule has 2 aromatic rings. The molecule has 2 heterocycles. The van der Waals surface area contributed by atoms with Crippen molar-refractivity contribution in [3.05, 3.63) is 52.0 Å². The molecule has 0 unspecified atom stereocenters. The number of rotatable bonds is 4. The smallest absolute Gasteiger partial charge is 0.292 e. The van der Waals surface area contributed by atoms with Gasteiger partial charge in [0.2, 0.25) is 0 Å². The van der Waals surface area contributed by atoms with Crippen LogP contribution in [0.2, 0.25) is 10.0 Å². The molecule has 2 fully saturated rings. The molecule has 5 rings (SSSR count). The monoisotopic (exact) mass is 435 g/mol. The molecule has 0 aromatic heterocycles. The van der Waals surface area contributed by atoms with Gasteiger partial charge in [-0.15, -0.1) is 0 Å². The van der Waals surface area contributed by atoms with E-state index in [2.05, 4.69) is 0 Å². The largest absolute Gasteiger partial charge is 0.338 e. The molecule has 0 radical (unpaired) electrons. The highest BCUT2D eigenvalue weighted by Gasteiger charge is 2.55. The average molecular weight is 436 g/mol. The van der Waals surface area contributed by atoms with Gasteiger partial charge in [-0.25, -0.2) is 0 Å². The number of hydrogen-bond donors (Lipinski definition) is 0. The molecule has 2 aromatic carbocycles. The van der Waals surface area contributed by atoms with Gasteiger partial charge in [0.05, 0.1) is 18.9 Å². The maximum atomic E-state index is 13.3. The van der Waals surface area contributed by atoms with E-state index in [9.17, 15) is 4.79 Å². The number of ether oxygens (including phenoxy) is 2. The van der Waals surface area contributed by atoms with Gasteiger partial charge in [0.15, 0.2) is 0 Å². The van der Waals surface area contributed by atoms with E-state index in [0.29, 0.717) is 29.2 Å². The SMILES string of the molecule is O=C1N(CC2CC2)c2ccc(Sc3cc(Cl)cc(Cl)c3)cc2C12OCCCO2. The summed E-state index contributed by atoms with van der Waals surface area (Å²) in [7, 11) is 0. The molecule has 1 spiro atoms. The number of halogens is 2. The zero-order valence-corrected chi connectivity index (χ0v) is 17.4. The predicted octanol–water partition coefficient (Wildman–Crippen LogP) is 5.49. The van der Waals surface area contributed by atoms with Crippen molar-refractivity contribution in [3.8, 4) is 0 Å². The molecule has 0 atom stereocenters. The second kappa shape index (κ2) is 7.22. The molecule has 2 aliphatic heterocycles. The summed E-state index contributed by atoms with van der Waals surface area (Å²) in [6.45, 7) is 1.77. The molecular weight excluding hydrogens is 417 g/mol. The number of benzene rings is 2. The van der Waals surface area contributed by atoms with Crippen LogP contribution in [0.15, 0.2) is 46.2 Å². The van der Waals surface area contributed by atoms with Gasteiger partial charge in [-0.1, -0.05) is 35.0 Å². The lowest BCUT2D eigenvalue weighted by Gasteiger charge is -2.32. The Kier molecular flexibility index (Phi) is 4.84. The number of hydrogen-bond acceptors (Lipinski definition) is 4. The Balaban J connectivity index is 1.52. The molecule has 28 heavy (non-hydrogen) atoms. The van der Waals surface area contributed by atoms with Crippen LogP contribution in [0.4, 0.5) is 5.69 Å². The molecule has 1 amide bonds. The van der Waals surface area contributed by atoms with E-state index in [1.165, 1.54) is 12.8 Å². The van der Waals surface area contributed by atoms with Gasteiger partial charge >= 0.3 is 0 Å². The Morgan fingerprint density at radius 1 is 1.04 bits per heavy atom. The Bertz CT molecular complexity index is 921. The molecule has 146 valence electrons. The molecule has 4 nitrogen and oxygen atoms in total. The van der Waals surface area contributed by atoms with Crippen LogP contribution in [0.1, 0.15) is 24.8 Å². The number of anilines is 1. The van der Waals surface area contributed by atoms with Gasteiger partial charge in [-0.05, 0) is 61.6 Å². The predicted molar refractivity (Wildman–Crippen MR) is 110 cm³/mol. The Labute approximate surface area is 178 Å². The Hall–Kier alpha value is -1.24. The topological polar surface area (TPSA) is 38.8 Å². The van der Waals surface area contributed by atoms with Crippen LogP contribution in [-0.2, 0) is 20.1 Å². The summed E-state index contributed by atoms with van der Waals surface area (Å²) < 4.78 is 12.0. The quantitative estimate of drug-likeness (QED) is 0.635. The third-order valence-electron chi connectivity index (χ3n) is 5.25. The third kappa shape index (κ3) is 3.33. The normalized spacial score (nSPS) is 20.6. The standard InChI is InChI=1S/C21H19Cl2NO3S/c22-14-8-15(23)10-17(9-14)28-16-4-5-19-18(11-16)21(26-6-1-7-27-21)20(25)24(19)12-13-2-3-13/h4-5,8-11,13H,1-3,6-7,12H2. The van der Waals surface area contributed by atoms with Crippen LogP contribution < -0.4 is 4.90 Å². The van der Waals surface area contributed by atoms with E-state index in [1.807, 2.05) is 35.2 Å². The summed E-state index contributed by atoms with van der Waals surface area (Å²) in [4.78, 5) is 17.1. The number of amides is 1.